The van der Waals surface area contributed by atoms with Gasteiger partial charge in [0.25, 0.3) is 5.88 Å². The van der Waals surface area contributed by atoms with Gasteiger partial charge < -0.3 is 14.0 Å². The van der Waals surface area contributed by atoms with Crippen LogP contribution in [0.4, 0.5) is 13.2 Å². The van der Waals surface area contributed by atoms with E-state index in [1.54, 1.807) is 0 Å². The summed E-state index contributed by atoms with van der Waals surface area (Å²) in [5.74, 6) is 2.44. The predicted octanol–water partition coefficient (Wildman–Crippen LogP) is 4.07. The van der Waals surface area contributed by atoms with Crippen LogP contribution in [0.1, 0.15) is 23.4 Å². The Balaban J connectivity index is 1.07. The molecule has 2 fully saturated rings. The molecular formula is C24H24F3N5O2. The van der Waals surface area contributed by atoms with Crippen molar-refractivity contribution in [2.24, 2.45) is 17.8 Å². The summed E-state index contributed by atoms with van der Waals surface area (Å²) in [4.78, 5) is 15.5. The molecule has 6 rings (SSSR count). The van der Waals surface area contributed by atoms with E-state index in [4.69, 9.17) is 14.5 Å². The number of pyridine rings is 2. The maximum Gasteiger partial charge on any atom is 0.418 e. The van der Waals surface area contributed by atoms with Crippen molar-refractivity contribution >= 4 is 11.2 Å². The molecule has 0 bridgehead atoms. The van der Waals surface area contributed by atoms with E-state index in [0.29, 0.717) is 24.4 Å². The smallest absolute Gasteiger partial charge is 0.418 e. The molecule has 1 saturated carbocycles. The molecule has 1 saturated heterocycles. The topological polar surface area (TPSA) is 65.3 Å². The lowest BCUT2D eigenvalue weighted by atomic mass is 10.1. The highest BCUT2D eigenvalue weighted by molar-refractivity contribution is 5.76. The summed E-state index contributed by atoms with van der Waals surface area (Å²) in [6.45, 7) is 7.52. The molecule has 3 aromatic heterocycles. The lowest BCUT2D eigenvalue weighted by Gasteiger charge is -2.21. The Morgan fingerprint density at radius 3 is 2.79 bits per heavy atom. The van der Waals surface area contributed by atoms with Crippen molar-refractivity contribution in [3.63, 3.8) is 0 Å². The summed E-state index contributed by atoms with van der Waals surface area (Å²) in [7, 11) is 0. The van der Waals surface area contributed by atoms with Gasteiger partial charge in [-0.15, -0.1) is 0 Å². The lowest BCUT2D eigenvalue weighted by molar-refractivity contribution is -0.138. The van der Waals surface area contributed by atoms with Crippen molar-refractivity contribution in [2.45, 2.75) is 32.1 Å². The number of likely N-dealkylation sites (tertiary alicyclic amines) is 1. The van der Waals surface area contributed by atoms with Crippen LogP contribution in [0.5, 0.6) is 11.6 Å². The van der Waals surface area contributed by atoms with E-state index in [2.05, 4.69) is 32.1 Å². The summed E-state index contributed by atoms with van der Waals surface area (Å²) >= 11 is 0. The molecule has 1 aliphatic carbocycles. The van der Waals surface area contributed by atoms with Crippen molar-refractivity contribution in [3.05, 3.63) is 54.3 Å². The van der Waals surface area contributed by atoms with Gasteiger partial charge >= 0.3 is 6.18 Å². The highest BCUT2D eigenvalue weighted by Crippen LogP contribution is 2.52. The molecule has 178 valence electrons. The summed E-state index contributed by atoms with van der Waals surface area (Å²) in [6.07, 6.45) is 1.37. The van der Waals surface area contributed by atoms with Crippen LogP contribution in [0.15, 0.2) is 37.4 Å². The van der Waals surface area contributed by atoms with Crippen LogP contribution in [0, 0.1) is 17.8 Å². The van der Waals surface area contributed by atoms with Crippen LogP contribution >= 0.6 is 0 Å². The second-order valence-electron chi connectivity index (χ2n) is 9.23. The average molecular weight is 471 g/mol. The first-order valence-corrected chi connectivity index (χ1v) is 11.5. The zero-order chi connectivity index (χ0) is 23.4. The van der Waals surface area contributed by atoms with E-state index in [1.807, 2.05) is 6.20 Å². The fourth-order valence-electron chi connectivity index (χ4n) is 5.52. The van der Waals surface area contributed by atoms with Crippen LogP contribution in [-0.2, 0) is 25.7 Å². The number of nitrogens with zero attached hydrogens (tertiary/aromatic N) is 5. The number of hydrogen-bond donors (Lipinski definition) is 0. The van der Waals surface area contributed by atoms with Crippen LogP contribution < -0.4 is 9.47 Å². The first kappa shape index (κ1) is 21.4. The van der Waals surface area contributed by atoms with Crippen molar-refractivity contribution < 1.29 is 22.6 Å². The number of alkyl halides is 3. The Hall–Kier alpha value is -3.14. The number of aryl methyl sites for hydroxylation is 2. The SMILES string of the molecule is C=COc1cc(C(F)(F)F)cnc1OC[C@@H]1[C@H]2CN(Cc3nc4nccc5c4n3CCC5)C[C@@H]12. The van der Waals surface area contributed by atoms with E-state index < -0.39 is 11.7 Å². The minimum atomic E-state index is -4.50. The van der Waals surface area contributed by atoms with Gasteiger partial charge in [0.15, 0.2) is 11.4 Å². The highest BCUT2D eigenvalue weighted by atomic mass is 19.4. The number of aromatic nitrogens is 4. The average Bonchev–Trinajstić information content (AvgIpc) is 3.11. The maximum absolute atomic E-state index is 13.0. The molecule has 10 heteroatoms. The Labute approximate surface area is 194 Å². The molecule has 2 aliphatic heterocycles. The second-order valence-corrected chi connectivity index (χ2v) is 9.23. The summed E-state index contributed by atoms with van der Waals surface area (Å²) in [6, 6.07) is 2.98. The summed E-state index contributed by atoms with van der Waals surface area (Å²) in [5, 5.41) is 0. The van der Waals surface area contributed by atoms with Gasteiger partial charge in [-0.25, -0.2) is 15.0 Å². The van der Waals surface area contributed by atoms with E-state index in [0.717, 1.165) is 69.0 Å². The lowest BCUT2D eigenvalue weighted by Crippen LogP contribution is -2.27. The van der Waals surface area contributed by atoms with Crippen LogP contribution in [0.25, 0.3) is 11.2 Å². The van der Waals surface area contributed by atoms with Crippen molar-refractivity contribution in [2.75, 3.05) is 19.7 Å². The predicted molar refractivity (Wildman–Crippen MR) is 117 cm³/mol. The number of halogens is 3. The number of ether oxygens (including phenoxy) is 2. The maximum atomic E-state index is 13.0. The third-order valence-corrected chi connectivity index (χ3v) is 7.21. The van der Waals surface area contributed by atoms with Gasteiger partial charge in [0.05, 0.1) is 30.5 Å². The fourth-order valence-corrected chi connectivity index (χ4v) is 5.52. The third-order valence-electron chi connectivity index (χ3n) is 7.21. The summed E-state index contributed by atoms with van der Waals surface area (Å²) < 4.78 is 52.1. The second kappa shape index (κ2) is 7.97. The van der Waals surface area contributed by atoms with Crippen molar-refractivity contribution in [3.8, 4) is 11.6 Å². The number of hydrogen-bond acceptors (Lipinski definition) is 6. The standard InChI is InChI=1S/C24H24F3N5O2/c1-2-33-19-8-15(24(25,26)27)9-29-23(19)34-13-18-16-10-31(11-17(16)18)12-20-30-22-21-14(5-6-28-22)4-3-7-32(20)21/h2,5-6,8-9,16-18H,1,3-4,7,10-13H2/t16-,17+,18+. The van der Waals surface area contributed by atoms with Crippen molar-refractivity contribution in [1.82, 2.24) is 24.4 Å². The van der Waals surface area contributed by atoms with Gasteiger partial charge in [0.1, 0.15) is 5.82 Å². The molecule has 7 nitrogen and oxygen atoms in total. The molecule has 0 amide bonds. The molecule has 0 unspecified atom stereocenters. The molecule has 3 atom stereocenters. The van der Waals surface area contributed by atoms with E-state index in [9.17, 15) is 13.2 Å². The Kier molecular flexibility index (Phi) is 5.02. The van der Waals surface area contributed by atoms with E-state index in [-0.39, 0.29) is 11.6 Å². The van der Waals surface area contributed by atoms with Gasteiger partial charge in [-0.1, -0.05) is 6.58 Å². The molecule has 0 N–H and O–H groups in total. The number of fused-ring (bicyclic) bond motifs is 1. The quantitative estimate of drug-likeness (QED) is 0.484. The Morgan fingerprint density at radius 1 is 1.21 bits per heavy atom. The molecule has 0 spiro atoms. The fraction of sp³-hybridized carbons (Fsp3) is 0.458. The molecule has 0 radical (unpaired) electrons. The normalized spacial score (nSPS) is 23.7. The minimum absolute atomic E-state index is 0.0567. The monoisotopic (exact) mass is 471 g/mol. The molecule has 3 aliphatic rings. The van der Waals surface area contributed by atoms with Gasteiger partial charge in [-0.2, -0.15) is 13.2 Å². The Morgan fingerprint density at radius 2 is 2.03 bits per heavy atom. The van der Waals surface area contributed by atoms with Gasteiger partial charge in [0, 0.05) is 44.0 Å². The first-order valence-electron chi connectivity index (χ1n) is 11.5. The van der Waals surface area contributed by atoms with E-state index >= 15 is 0 Å². The van der Waals surface area contributed by atoms with E-state index in [1.165, 1.54) is 11.1 Å². The van der Waals surface area contributed by atoms with Crippen LogP contribution in [-0.4, -0.2) is 44.1 Å². The van der Waals surface area contributed by atoms with Crippen LogP contribution in [0.2, 0.25) is 0 Å². The zero-order valence-electron chi connectivity index (χ0n) is 18.5. The van der Waals surface area contributed by atoms with Gasteiger partial charge in [-0.3, -0.25) is 4.90 Å². The zero-order valence-corrected chi connectivity index (χ0v) is 18.5. The van der Waals surface area contributed by atoms with Gasteiger partial charge in [-0.05, 0) is 36.3 Å². The third kappa shape index (κ3) is 3.70. The van der Waals surface area contributed by atoms with Crippen molar-refractivity contribution in [1.29, 1.82) is 0 Å². The molecular weight excluding hydrogens is 447 g/mol. The number of imidazole rings is 1. The Bertz CT molecular complexity index is 1250. The molecule has 34 heavy (non-hydrogen) atoms. The highest BCUT2D eigenvalue weighted by Gasteiger charge is 2.56. The van der Waals surface area contributed by atoms with Crippen LogP contribution in [0.3, 0.4) is 0 Å². The largest absolute Gasteiger partial charge is 0.475 e. The number of piperidine rings is 1. The van der Waals surface area contributed by atoms with Gasteiger partial charge in [0.2, 0.25) is 0 Å². The minimum Gasteiger partial charge on any atom is -0.475 e. The molecule has 3 aromatic rings. The number of rotatable bonds is 7. The molecule has 0 aromatic carbocycles. The summed E-state index contributed by atoms with van der Waals surface area (Å²) in [5.41, 5.74) is 2.46. The molecule has 5 heterocycles. The first-order chi connectivity index (χ1) is 16.4.